The molecule has 0 bridgehead atoms. The number of piperidine rings is 1. The van der Waals surface area contributed by atoms with E-state index in [0.717, 1.165) is 37.3 Å². The van der Waals surface area contributed by atoms with Crippen LogP contribution >= 0.6 is 23.5 Å². The van der Waals surface area contributed by atoms with Crippen molar-refractivity contribution in [2.75, 3.05) is 18.0 Å². The number of rotatable bonds is 6. The van der Waals surface area contributed by atoms with Gasteiger partial charge in [-0.15, -0.1) is 11.8 Å². The third-order valence-electron chi connectivity index (χ3n) is 4.19. The van der Waals surface area contributed by atoms with Crippen LogP contribution in [-0.2, 0) is 11.2 Å². The van der Waals surface area contributed by atoms with E-state index in [2.05, 4.69) is 57.1 Å². The Balaban J connectivity index is 1.44. The molecule has 1 saturated heterocycles. The van der Waals surface area contributed by atoms with Crippen LogP contribution in [-0.4, -0.2) is 39.0 Å². The Morgan fingerprint density at radius 1 is 1.32 bits per heavy atom. The topological polar surface area (TPSA) is 58.1 Å². The summed E-state index contributed by atoms with van der Waals surface area (Å²) in [5, 5.41) is 3.75. The molecule has 134 valence electrons. The maximum atomic E-state index is 12.3. The highest BCUT2D eigenvalue weighted by Crippen LogP contribution is 2.23. The SMILES string of the molecule is CC(C)Sc1ccc(CC(=O)NC2CCN(c3cnsn3)CC2)cc1. The molecule has 1 amide bonds. The van der Waals surface area contributed by atoms with Gasteiger partial charge < -0.3 is 10.2 Å². The van der Waals surface area contributed by atoms with Crippen LogP contribution in [0, 0.1) is 0 Å². The molecule has 0 radical (unpaired) electrons. The molecule has 5 nitrogen and oxygen atoms in total. The third kappa shape index (κ3) is 5.44. The molecule has 25 heavy (non-hydrogen) atoms. The van der Waals surface area contributed by atoms with Crippen molar-refractivity contribution >= 4 is 35.2 Å². The summed E-state index contributed by atoms with van der Waals surface area (Å²) in [6.45, 7) is 6.19. The van der Waals surface area contributed by atoms with Gasteiger partial charge in [0.15, 0.2) is 5.82 Å². The molecule has 1 aromatic heterocycles. The van der Waals surface area contributed by atoms with Gasteiger partial charge in [0.1, 0.15) is 0 Å². The predicted molar refractivity (Wildman–Crippen MR) is 104 cm³/mol. The van der Waals surface area contributed by atoms with Crippen LogP contribution in [0.2, 0.25) is 0 Å². The van der Waals surface area contributed by atoms with Crippen molar-refractivity contribution in [3.63, 3.8) is 0 Å². The lowest BCUT2D eigenvalue weighted by atomic mass is 10.0. The van der Waals surface area contributed by atoms with Crippen LogP contribution in [0.4, 0.5) is 5.82 Å². The highest BCUT2D eigenvalue weighted by molar-refractivity contribution is 7.99. The molecule has 0 atom stereocenters. The zero-order chi connectivity index (χ0) is 17.6. The van der Waals surface area contributed by atoms with Crippen LogP contribution < -0.4 is 10.2 Å². The fourth-order valence-corrected chi connectivity index (χ4v) is 4.25. The first-order valence-corrected chi connectivity index (χ1v) is 10.3. The predicted octanol–water partition coefficient (Wildman–Crippen LogP) is 3.37. The van der Waals surface area contributed by atoms with Crippen molar-refractivity contribution in [1.29, 1.82) is 0 Å². The zero-order valence-electron chi connectivity index (χ0n) is 14.6. The van der Waals surface area contributed by atoms with E-state index in [1.807, 2.05) is 18.0 Å². The number of nitrogens with one attached hydrogen (secondary N) is 1. The Labute approximate surface area is 157 Å². The third-order valence-corrected chi connectivity index (χ3v) is 5.68. The summed E-state index contributed by atoms with van der Waals surface area (Å²) in [4.78, 5) is 15.8. The van der Waals surface area contributed by atoms with Crippen LogP contribution in [0.25, 0.3) is 0 Å². The summed E-state index contributed by atoms with van der Waals surface area (Å²) < 4.78 is 8.33. The summed E-state index contributed by atoms with van der Waals surface area (Å²) in [5.74, 6) is 1.06. The van der Waals surface area contributed by atoms with E-state index < -0.39 is 0 Å². The standard InChI is InChI=1S/C18H24N4OS2/c1-13(2)24-16-5-3-14(4-6-16)11-18(23)20-15-7-9-22(10-8-15)17-12-19-25-21-17/h3-6,12-13,15H,7-11H2,1-2H3,(H,20,23). The lowest BCUT2D eigenvalue weighted by Crippen LogP contribution is -2.45. The number of carbonyl (C=O) groups excluding carboxylic acids is 1. The summed E-state index contributed by atoms with van der Waals surface area (Å²) in [6.07, 6.45) is 4.16. The molecule has 0 saturated carbocycles. The highest BCUT2D eigenvalue weighted by atomic mass is 32.2. The summed E-state index contributed by atoms with van der Waals surface area (Å²) in [7, 11) is 0. The van der Waals surface area contributed by atoms with Crippen LogP contribution in [0.5, 0.6) is 0 Å². The Kier molecular flexibility index (Phi) is 6.31. The zero-order valence-corrected chi connectivity index (χ0v) is 16.3. The molecule has 7 heteroatoms. The quantitative estimate of drug-likeness (QED) is 0.784. The first-order chi connectivity index (χ1) is 12.1. The number of aromatic nitrogens is 2. The molecule has 0 unspecified atom stereocenters. The Morgan fingerprint density at radius 2 is 2.04 bits per heavy atom. The van der Waals surface area contributed by atoms with Crippen LogP contribution in [0.3, 0.4) is 0 Å². The average Bonchev–Trinajstić information content (AvgIpc) is 3.11. The molecular weight excluding hydrogens is 352 g/mol. The average molecular weight is 377 g/mol. The Hall–Kier alpha value is -1.60. The van der Waals surface area contributed by atoms with Crippen molar-refractivity contribution < 1.29 is 4.79 Å². The van der Waals surface area contributed by atoms with Gasteiger partial charge in [0.05, 0.1) is 24.3 Å². The van der Waals surface area contributed by atoms with E-state index in [1.165, 1.54) is 16.6 Å². The molecule has 0 spiro atoms. The van der Waals surface area contributed by atoms with Gasteiger partial charge in [-0.3, -0.25) is 4.79 Å². The van der Waals surface area contributed by atoms with Crippen LogP contribution in [0.15, 0.2) is 35.4 Å². The summed E-state index contributed by atoms with van der Waals surface area (Å²) in [5.41, 5.74) is 1.07. The van der Waals surface area contributed by atoms with Gasteiger partial charge in [0.25, 0.3) is 0 Å². The van der Waals surface area contributed by atoms with E-state index in [1.54, 1.807) is 0 Å². The number of anilines is 1. The minimum atomic E-state index is 0.109. The van der Waals surface area contributed by atoms with Gasteiger partial charge in [0.2, 0.25) is 5.91 Å². The normalized spacial score (nSPS) is 15.6. The second kappa shape index (κ2) is 8.67. The maximum Gasteiger partial charge on any atom is 0.224 e. The number of thioether (sulfide) groups is 1. The molecular formula is C18H24N4OS2. The van der Waals surface area contributed by atoms with Gasteiger partial charge in [-0.2, -0.15) is 8.75 Å². The van der Waals surface area contributed by atoms with Crippen molar-refractivity contribution in [2.45, 2.75) is 49.3 Å². The minimum absolute atomic E-state index is 0.109. The van der Waals surface area contributed by atoms with Crippen molar-refractivity contribution in [3.8, 4) is 0 Å². The van der Waals surface area contributed by atoms with Crippen molar-refractivity contribution in [2.24, 2.45) is 0 Å². The monoisotopic (exact) mass is 376 g/mol. The van der Waals surface area contributed by atoms with E-state index >= 15 is 0 Å². The number of amides is 1. The molecule has 0 aliphatic carbocycles. The highest BCUT2D eigenvalue weighted by Gasteiger charge is 2.22. The second-order valence-corrected chi connectivity index (χ2v) is 8.79. The molecule has 2 aromatic rings. The molecule has 1 aliphatic rings. The lowest BCUT2D eigenvalue weighted by molar-refractivity contribution is -0.121. The van der Waals surface area contributed by atoms with Gasteiger partial charge in [-0.1, -0.05) is 26.0 Å². The van der Waals surface area contributed by atoms with Crippen molar-refractivity contribution in [3.05, 3.63) is 36.0 Å². The molecule has 1 fully saturated rings. The van der Waals surface area contributed by atoms with Crippen LogP contribution in [0.1, 0.15) is 32.3 Å². The minimum Gasteiger partial charge on any atom is -0.354 e. The second-order valence-electron chi connectivity index (χ2n) is 6.58. The Morgan fingerprint density at radius 3 is 2.64 bits per heavy atom. The molecule has 1 N–H and O–H groups in total. The number of benzene rings is 1. The van der Waals surface area contributed by atoms with Gasteiger partial charge in [-0.05, 0) is 30.5 Å². The largest absolute Gasteiger partial charge is 0.354 e. The molecule has 1 aromatic carbocycles. The number of hydrogen-bond donors (Lipinski definition) is 1. The summed E-state index contributed by atoms with van der Waals surface area (Å²) >= 11 is 3.08. The lowest BCUT2D eigenvalue weighted by Gasteiger charge is -2.32. The summed E-state index contributed by atoms with van der Waals surface area (Å²) in [6, 6.07) is 8.58. The van der Waals surface area contributed by atoms with E-state index in [9.17, 15) is 4.79 Å². The maximum absolute atomic E-state index is 12.3. The fraction of sp³-hybridized carbons (Fsp3) is 0.500. The molecule has 3 rings (SSSR count). The van der Waals surface area contributed by atoms with Crippen molar-refractivity contribution in [1.82, 2.24) is 14.1 Å². The van der Waals surface area contributed by atoms with E-state index in [0.29, 0.717) is 11.7 Å². The fourth-order valence-electron chi connectivity index (χ4n) is 2.97. The smallest absolute Gasteiger partial charge is 0.224 e. The Bertz CT molecular complexity index is 665. The van der Waals surface area contributed by atoms with Gasteiger partial charge in [0, 0.05) is 29.3 Å². The molecule has 1 aliphatic heterocycles. The number of carbonyl (C=O) groups is 1. The first-order valence-electron chi connectivity index (χ1n) is 8.67. The number of nitrogens with zero attached hydrogens (tertiary/aromatic N) is 3. The van der Waals surface area contributed by atoms with Gasteiger partial charge >= 0.3 is 0 Å². The first kappa shape index (κ1) is 18.2. The van der Waals surface area contributed by atoms with E-state index in [4.69, 9.17) is 0 Å². The van der Waals surface area contributed by atoms with E-state index in [-0.39, 0.29) is 11.9 Å². The number of hydrogen-bond acceptors (Lipinski definition) is 6. The van der Waals surface area contributed by atoms with Gasteiger partial charge in [-0.25, -0.2) is 0 Å². The molecule has 2 heterocycles.